The molecule has 0 aromatic heterocycles. The monoisotopic (exact) mass is 843 g/mol. The van der Waals surface area contributed by atoms with Gasteiger partial charge in [-0.2, -0.15) is 4.99 Å². The minimum Gasteiger partial charge on any atom is -0.490 e. The number of ether oxygens (including phenoxy) is 2. The molecule has 4 aromatic rings. The number of rotatable bonds is 14. The number of carbonyl (C=O) groups excluding carboxylic acids is 3. The number of thioether (sulfide) groups is 1. The molecule has 1 N–H and O–H groups in total. The maximum Gasteiger partial charge on any atom is 0.285 e. The van der Waals surface area contributed by atoms with Gasteiger partial charge in [0.25, 0.3) is 11.8 Å². The smallest absolute Gasteiger partial charge is 0.285 e. The highest BCUT2D eigenvalue weighted by atomic mass is 79.9. The Morgan fingerprint density at radius 3 is 2.28 bits per heavy atom. The van der Waals surface area contributed by atoms with E-state index in [1.54, 1.807) is 55.5 Å². The predicted molar refractivity (Wildman–Crippen MR) is 222 cm³/mol. The molecule has 0 saturated heterocycles. The van der Waals surface area contributed by atoms with Crippen LogP contribution < -0.4 is 14.8 Å². The molecule has 0 aliphatic carbocycles. The van der Waals surface area contributed by atoms with Crippen LogP contribution in [-0.4, -0.2) is 40.1 Å². The molecule has 0 saturated carbocycles. The van der Waals surface area contributed by atoms with Gasteiger partial charge < -0.3 is 14.8 Å². The summed E-state index contributed by atoms with van der Waals surface area (Å²) in [6.45, 7) is 7.84. The molecular formula is C42H36BrCl2N3O5S. The van der Waals surface area contributed by atoms with Gasteiger partial charge in [-0.25, -0.2) is 0 Å². The van der Waals surface area contributed by atoms with Gasteiger partial charge in [0, 0.05) is 5.70 Å². The largest absolute Gasteiger partial charge is 0.490 e. The van der Waals surface area contributed by atoms with Gasteiger partial charge in [0.05, 0.1) is 32.9 Å². The van der Waals surface area contributed by atoms with E-state index >= 15 is 0 Å². The number of carbonyl (C=O) groups is 3. The molecule has 276 valence electrons. The van der Waals surface area contributed by atoms with E-state index in [1.165, 1.54) is 11.0 Å². The lowest BCUT2D eigenvalue weighted by Gasteiger charge is -2.28. The summed E-state index contributed by atoms with van der Waals surface area (Å²) < 4.78 is 12.5. The maximum absolute atomic E-state index is 14.2. The van der Waals surface area contributed by atoms with Crippen LogP contribution in [0, 0.1) is 0 Å². The lowest BCUT2D eigenvalue weighted by molar-refractivity contribution is -0.126. The van der Waals surface area contributed by atoms with E-state index < -0.39 is 17.9 Å². The zero-order valence-electron chi connectivity index (χ0n) is 29.4. The van der Waals surface area contributed by atoms with Crippen molar-refractivity contribution in [1.82, 2.24) is 10.2 Å². The van der Waals surface area contributed by atoms with E-state index in [0.717, 1.165) is 28.5 Å². The molecule has 0 spiro atoms. The Balaban J connectivity index is 1.42. The fourth-order valence-corrected chi connectivity index (χ4v) is 7.12. The number of nitrogens with zero attached hydrogens (tertiary/aromatic N) is 2. The third-order valence-electron chi connectivity index (χ3n) is 7.92. The molecule has 5 rings (SSSR count). The molecule has 4 aromatic carbocycles. The van der Waals surface area contributed by atoms with Gasteiger partial charge >= 0.3 is 0 Å². The first-order chi connectivity index (χ1) is 26.1. The number of allylic oxidation sites excluding steroid dienone is 4. The third-order valence-corrected chi connectivity index (χ3v) is 10.2. The second-order valence-corrected chi connectivity index (χ2v) is 14.2. The first kappa shape index (κ1) is 40.3. The standard InChI is InChI=1S/C42H36BrCl2N3O5S/c1-4-7-18-31(5-2)48-41(51)32(21-28-22-33(43)39(36(24-28)52-6-3)53-25-27-19-20-34(44)35(45)23-27)40(50)47-42(48)54-26-37(49)46-38(29-14-10-8-11-15-29)30-16-12-9-13-17-30/h4-5,7-24,38H,1,6,25-26H2,2-3H3,(H,46,49)/b18-7-,31-5+,32-21+. The molecule has 1 aliphatic heterocycles. The number of benzene rings is 4. The summed E-state index contributed by atoms with van der Waals surface area (Å²) in [5.74, 6) is -0.954. The first-order valence-electron chi connectivity index (χ1n) is 16.8. The highest BCUT2D eigenvalue weighted by Crippen LogP contribution is 2.39. The van der Waals surface area contributed by atoms with Gasteiger partial charge in [-0.05, 0) is 88.4 Å². The van der Waals surface area contributed by atoms with E-state index in [1.807, 2.05) is 73.7 Å². The van der Waals surface area contributed by atoms with Gasteiger partial charge in [0.15, 0.2) is 16.7 Å². The summed E-state index contributed by atoms with van der Waals surface area (Å²) in [4.78, 5) is 46.9. The Kier molecular flexibility index (Phi) is 14.5. The van der Waals surface area contributed by atoms with Gasteiger partial charge in [-0.3, -0.25) is 19.3 Å². The average Bonchev–Trinajstić information content (AvgIpc) is 3.17. The summed E-state index contributed by atoms with van der Waals surface area (Å²) in [6.07, 6.45) is 8.09. The van der Waals surface area contributed by atoms with Crippen molar-refractivity contribution in [2.45, 2.75) is 26.5 Å². The third kappa shape index (κ3) is 10.2. The summed E-state index contributed by atoms with van der Waals surface area (Å²) in [7, 11) is 0. The van der Waals surface area contributed by atoms with Gasteiger partial charge in [0.1, 0.15) is 12.2 Å². The van der Waals surface area contributed by atoms with Crippen molar-refractivity contribution >= 4 is 79.9 Å². The van der Waals surface area contributed by atoms with Crippen LogP contribution >= 0.6 is 50.9 Å². The quantitative estimate of drug-likeness (QED) is 0.0772. The number of hydrogen-bond donors (Lipinski definition) is 1. The highest BCUT2D eigenvalue weighted by Gasteiger charge is 2.35. The SMILES string of the molecule is C=C/C=C\C(=C/C)N1C(=O)/C(=C/c2cc(Br)c(OCc3ccc(Cl)c(Cl)c3)c(OCC)c2)C(=O)N=C1SCC(=O)NC(c1ccccc1)c1ccccc1. The maximum atomic E-state index is 14.2. The molecule has 0 atom stereocenters. The van der Waals surface area contributed by atoms with Gasteiger partial charge in [0.2, 0.25) is 5.91 Å². The van der Waals surface area contributed by atoms with Crippen LogP contribution in [0.25, 0.3) is 6.08 Å². The second-order valence-electron chi connectivity index (χ2n) is 11.6. The number of hydrogen-bond acceptors (Lipinski definition) is 6. The molecule has 1 aliphatic rings. The Bertz CT molecular complexity index is 2120. The Hall–Kier alpha value is -4.87. The fraction of sp³-hybridized carbons (Fsp3) is 0.143. The molecule has 0 fully saturated rings. The van der Waals surface area contributed by atoms with E-state index in [2.05, 4.69) is 32.8 Å². The zero-order valence-corrected chi connectivity index (χ0v) is 33.3. The van der Waals surface area contributed by atoms with E-state index in [-0.39, 0.29) is 29.0 Å². The molecule has 0 bridgehead atoms. The summed E-state index contributed by atoms with van der Waals surface area (Å²) >= 11 is 16.8. The highest BCUT2D eigenvalue weighted by molar-refractivity contribution is 9.10. The molecule has 3 amide bonds. The molecule has 1 heterocycles. The average molecular weight is 846 g/mol. The second kappa shape index (κ2) is 19.5. The molecule has 0 unspecified atom stereocenters. The van der Waals surface area contributed by atoms with Gasteiger partial charge in [-0.1, -0.05) is 127 Å². The number of amides is 3. The molecular weight excluding hydrogens is 809 g/mol. The number of aliphatic imine (C=N–C) groups is 1. The lowest BCUT2D eigenvalue weighted by atomic mass is 9.99. The summed E-state index contributed by atoms with van der Waals surface area (Å²) in [5, 5.41) is 4.02. The summed E-state index contributed by atoms with van der Waals surface area (Å²) in [5.41, 5.74) is 3.38. The van der Waals surface area contributed by atoms with Crippen LogP contribution in [0.3, 0.4) is 0 Å². The Morgan fingerprint density at radius 2 is 1.67 bits per heavy atom. The van der Waals surface area contributed by atoms with Crippen molar-refractivity contribution in [1.29, 1.82) is 0 Å². The first-order valence-corrected chi connectivity index (χ1v) is 19.4. The summed E-state index contributed by atoms with van der Waals surface area (Å²) in [6, 6.07) is 27.5. The van der Waals surface area contributed by atoms with Crippen molar-refractivity contribution in [2.24, 2.45) is 4.99 Å². The van der Waals surface area contributed by atoms with Crippen LogP contribution in [0.5, 0.6) is 11.5 Å². The van der Waals surface area contributed by atoms with Crippen molar-refractivity contribution in [3.8, 4) is 11.5 Å². The molecule has 12 heteroatoms. The molecule has 8 nitrogen and oxygen atoms in total. The van der Waals surface area contributed by atoms with E-state index in [0.29, 0.717) is 43.9 Å². The van der Waals surface area contributed by atoms with Crippen molar-refractivity contribution in [3.05, 3.63) is 170 Å². The van der Waals surface area contributed by atoms with E-state index in [4.69, 9.17) is 32.7 Å². The zero-order chi connectivity index (χ0) is 38.6. The van der Waals surface area contributed by atoms with E-state index in [9.17, 15) is 14.4 Å². The van der Waals surface area contributed by atoms with Crippen molar-refractivity contribution in [2.75, 3.05) is 12.4 Å². The van der Waals surface area contributed by atoms with Crippen LogP contribution in [0.2, 0.25) is 10.0 Å². The van der Waals surface area contributed by atoms with Crippen LogP contribution in [-0.2, 0) is 21.0 Å². The van der Waals surface area contributed by atoms with Crippen LogP contribution in [0.4, 0.5) is 0 Å². The molecule has 0 radical (unpaired) electrons. The fourth-order valence-electron chi connectivity index (χ4n) is 5.42. The predicted octanol–water partition coefficient (Wildman–Crippen LogP) is 10.1. The van der Waals surface area contributed by atoms with Gasteiger partial charge in [-0.15, -0.1) is 0 Å². The van der Waals surface area contributed by atoms with Crippen molar-refractivity contribution in [3.63, 3.8) is 0 Å². The minimum absolute atomic E-state index is 0.0670. The van der Waals surface area contributed by atoms with Crippen LogP contribution in [0.1, 0.15) is 42.1 Å². The van der Waals surface area contributed by atoms with Crippen molar-refractivity contribution < 1.29 is 23.9 Å². The number of nitrogens with one attached hydrogen (secondary N) is 1. The van der Waals surface area contributed by atoms with Crippen LogP contribution in [0.15, 0.2) is 143 Å². The number of halogens is 3. The minimum atomic E-state index is -0.747. The lowest BCUT2D eigenvalue weighted by Crippen LogP contribution is -2.42. The molecule has 54 heavy (non-hydrogen) atoms. The topological polar surface area (TPSA) is 97.3 Å². The Labute approximate surface area is 337 Å². The Morgan fingerprint density at radius 1 is 0.981 bits per heavy atom. The number of amidine groups is 1. The normalized spacial score (nSPS) is 14.1.